The van der Waals surface area contributed by atoms with Gasteiger partial charge in [-0.25, -0.2) is 0 Å². The molecule has 0 saturated carbocycles. The second kappa shape index (κ2) is 4.45. The van der Waals surface area contributed by atoms with E-state index in [1.54, 1.807) is 7.11 Å². The molecule has 0 N–H and O–H groups in total. The predicted octanol–water partition coefficient (Wildman–Crippen LogP) is 3.34. The average molecular weight is 193 g/mol. The van der Waals surface area contributed by atoms with Crippen LogP contribution in [0.4, 0.5) is 0 Å². The number of nitrogens with zero attached hydrogens (tertiary/aromatic N) is 1. The van der Waals surface area contributed by atoms with Gasteiger partial charge >= 0.3 is 0 Å². The molecule has 1 aromatic heterocycles. The fraction of sp³-hybridized carbons (Fsp3) is 0.583. The van der Waals surface area contributed by atoms with Crippen molar-refractivity contribution < 1.29 is 4.74 Å². The second-order valence-corrected chi connectivity index (χ2v) is 4.17. The molecule has 0 aliphatic carbocycles. The summed E-state index contributed by atoms with van der Waals surface area (Å²) in [6, 6.07) is 2.09. The Bertz CT molecular complexity index is 305. The highest BCUT2D eigenvalue weighted by Gasteiger charge is 2.10. The Labute approximate surface area is 86.3 Å². The van der Waals surface area contributed by atoms with Crippen molar-refractivity contribution in [2.45, 2.75) is 39.5 Å². The van der Waals surface area contributed by atoms with Gasteiger partial charge in [-0.1, -0.05) is 27.7 Å². The number of rotatable bonds is 3. The van der Waals surface area contributed by atoms with Gasteiger partial charge in [0.05, 0.1) is 12.8 Å². The number of pyridine rings is 1. The van der Waals surface area contributed by atoms with Crippen LogP contribution in [0.1, 0.15) is 50.8 Å². The molecule has 0 aliphatic heterocycles. The number of aromatic nitrogens is 1. The molecular weight excluding hydrogens is 174 g/mol. The van der Waals surface area contributed by atoms with Gasteiger partial charge in [-0.3, -0.25) is 4.98 Å². The van der Waals surface area contributed by atoms with E-state index in [0.717, 1.165) is 11.4 Å². The van der Waals surface area contributed by atoms with Crippen molar-refractivity contribution in [2.75, 3.05) is 7.11 Å². The lowest BCUT2D eigenvalue weighted by atomic mass is 10.0. The minimum atomic E-state index is 0.408. The third-order valence-electron chi connectivity index (χ3n) is 2.34. The highest BCUT2D eigenvalue weighted by molar-refractivity contribution is 5.34. The van der Waals surface area contributed by atoms with Crippen LogP contribution in [-0.4, -0.2) is 12.1 Å². The van der Waals surface area contributed by atoms with Crippen LogP contribution < -0.4 is 4.74 Å². The quantitative estimate of drug-likeness (QED) is 0.734. The van der Waals surface area contributed by atoms with E-state index in [2.05, 4.69) is 38.7 Å². The van der Waals surface area contributed by atoms with Crippen molar-refractivity contribution in [1.29, 1.82) is 0 Å². The summed E-state index contributed by atoms with van der Waals surface area (Å²) in [7, 11) is 1.70. The fourth-order valence-corrected chi connectivity index (χ4v) is 1.38. The molecule has 1 rings (SSSR count). The molecule has 0 spiro atoms. The lowest BCUT2D eigenvalue weighted by Gasteiger charge is -2.13. The van der Waals surface area contributed by atoms with E-state index in [-0.39, 0.29) is 0 Å². The fourth-order valence-electron chi connectivity index (χ4n) is 1.38. The van der Waals surface area contributed by atoms with Crippen LogP contribution in [0, 0.1) is 0 Å². The molecule has 0 aromatic carbocycles. The van der Waals surface area contributed by atoms with Crippen LogP contribution in [0.25, 0.3) is 0 Å². The highest BCUT2D eigenvalue weighted by Crippen LogP contribution is 2.27. The number of hydrogen-bond acceptors (Lipinski definition) is 2. The van der Waals surface area contributed by atoms with Crippen LogP contribution in [0.5, 0.6) is 5.75 Å². The Morgan fingerprint density at radius 1 is 1.14 bits per heavy atom. The summed E-state index contributed by atoms with van der Waals surface area (Å²) >= 11 is 0. The summed E-state index contributed by atoms with van der Waals surface area (Å²) in [5.41, 5.74) is 2.27. The Morgan fingerprint density at radius 2 is 1.79 bits per heavy atom. The van der Waals surface area contributed by atoms with Gasteiger partial charge < -0.3 is 4.74 Å². The first kappa shape index (κ1) is 11.0. The molecule has 0 radical (unpaired) electrons. The Balaban J connectivity index is 3.11. The van der Waals surface area contributed by atoms with E-state index in [4.69, 9.17) is 4.74 Å². The van der Waals surface area contributed by atoms with Gasteiger partial charge in [0.1, 0.15) is 5.75 Å². The van der Waals surface area contributed by atoms with Gasteiger partial charge in [-0.15, -0.1) is 0 Å². The lowest BCUT2D eigenvalue weighted by molar-refractivity contribution is 0.403. The number of hydrogen-bond donors (Lipinski definition) is 0. The summed E-state index contributed by atoms with van der Waals surface area (Å²) in [6.45, 7) is 8.57. The maximum Gasteiger partial charge on any atom is 0.140 e. The third kappa shape index (κ3) is 2.25. The molecule has 0 atom stereocenters. The number of ether oxygens (including phenoxy) is 1. The normalized spacial score (nSPS) is 11.1. The molecule has 0 saturated heterocycles. The van der Waals surface area contributed by atoms with E-state index in [1.165, 1.54) is 5.56 Å². The molecule has 2 heteroatoms. The van der Waals surface area contributed by atoms with Crippen LogP contribution in [0.15, 0.2) is 12.3 Å². The SMILES string of the molecule is COc1cc(C(C)C)cnc1C(C)C. The molecular formula is C12H19NO. The van der Waals surface area contributed by atoms with Gasteiger partial charge in [0.2, 0.25) is 0 Å². The topological polar surface area (TPSA) is 22.1 Å². The summed E-state index contributed by atoms with van der Waals surface area (Å²) in [6.07, 6.45) is 1.95. The molecule has 0 fully saturated rings. The van der Waals surface area contributed by atoms with E-state index >= 15 is 0 Å². The van der Waals surface area contributed by atoms with Crippen LogP contribution in [0.3, 0.4) is 0 Å². The zero-order valence-corrected chi connectivity index (χ0v) is 9.66. The molecule has 0 unspecified atom stereocenters. The van der Waals surface area contributed by atoms with E-state index in [9.17, 15) is 0 Å². The van der Waals surface area contributed by atoms with Crippen molar-refractivity contribution in [3.05, 3.63) is 23.5 Å². The molecule has 1 heterocycles. The molecule has 14 heavy (non-hydrogen) atoms. The van der Waals surface area contributed by atoms with Crippen molar-refractivity contribution in [3.63, 3.8) is 0 Å². The highest BCUT2D eigenvalue weighted by atomic mass is 16.5. The maximum atomic E-state index is 5.33. The zero-order chi connectivity index (χ0) is 10.7. The first-order valence-electron chi connectivity index (χ1n) is 5.10. The molecule has 78 valence electrons. The van der Waals surface area contributed by atoms with E-state index in [0.29, 0.717) is 11.8 Å². The van der Waals surface area contributed by atoms with Gasteiger partial charge in [0.25, 0.3) is 0 Å². The van der Waals surface area contributed by atoms with Gasteiger partial charge in [0.15, 0.2) is 0 Å². The molecule has 0 aliphatic rings. The molecule has 0 amide bonds. The molecule has 1 aromatic rings. The Kier molecular flexibility index (Phi) is 3.50. The Morgan fingerprint density at radius 3 is 2.21 bits per heavy atom. The largest absolute Gasteiger partial charge is 0.495 e. The van der Waals surface area contributed by atoms with Crippen LogP contribution >= 0.6 is 0 Å². The first-order valence-corrected chi connectivity index (χ1v) is 5.10. The second-order valence-electron chi connectivity index (χ2n) is 4.17. The van der Waals surface area contributed by atoms with Crippen molar-refractivity contribution in [3.8, 4) is 5.75 Å². The van der Waals surface area contributed by atoms with Gasteiger partial charge in [-0.05, 0) is 23.5 Å². The summed E-state index contributed by atoms with van der Waals surface area (Å²) in [5.74, 6) is 1.81. The van der Waals surface area contributed by atoms with Crippen LogP contribution in [-0.2, 0) is 0 Å². The first-order chi connectivity index (χ1) is 6.56. The average Bonchev–Trinajstić information content (AvgIpc) is 2.16. The lowest BCUT2D eigenvalue weighted by Crippen LogP contribution is -2.00. The van der Waals surface area contributed by atoms with Crippen LogP contribution in [0.2, 0.25) is 0 Å². The van der Waals surface area contributed by atoms with E-state index < -0.39 is 0 Å². The minimum Gasteiger partial charge on any atom is -0.495 e. The predicted molar refractivity (Wildman–Crippen MR) is 59.0 cm³/mol. The molecule has 2 nitrogen and oxygen atoms in total. The summed E-state index contributed by atoms with van der Waals surface area (Å²) < 4.78 is 5.33. The zero-order valence-electron chi connectivity index (χ0n) is 9.66. The van der Waals surface area contributed by atoms with Crippen molar-refractivity contribution in [1.82, 2.24) is 4.98 Å². The summed E-state index contributed by atoms with van der Waals surface area (Å²) in [5, 5.41) is 0. The van der Waals surface area contributed by atoms with Crippen molar-refractivity contribution in [2.24, 2.45) is 0 Å². The minimum absolute atomic E-state index is 0.408. The van der Waals surface area contributed by atoms with Crippen molar-refractivity contribution >= 4 is 0 Å². The summed E-state index contributed by atoms with van der Waals surface area (Å²) in [4.78, 5) is 4.45. The smallest absolute Gasteiger partial charge is 0.140 e. The molecule has 0 bridgehead atoms. The monoisotopic (exact) mass is 193 g/mol. The van der Waals surface area contributed by atoms with Gasteiger partial charge in [0, 0.05) is 6.20 Å². The Hall–Kier alpha value is -1.05. The maximum absolute atomic E-state index is 5.33. The van der Waals surface area contributed by atoms with Gasteiger partial charge in [-0.2, -0.15) is 0 Å². The third-order valence-corrected chi connectivity index (χ3v) is 2.34. The number of methoxy groups -OCH3 is 1. The van der Waals surface area contributed by atoms with E-state index in [1.807, 2.05) is 6.20 Å². The standard InChI is InChI=1S/C12H19NO/c1-8(2)10-6-11(14-5)12(9(3)4)13-7-10/h6-9H,1-5H3.